The summed E-state index contributed by atoms with van der Waals surface area (Å²) >= 11 is 7.34. The number of amides is 2. The molecule has 0 bridgehead atoms. The number of hydrogen-bond donors (Lipinski definition) is 2. The van der Waals surface area contributed by atoms with E-state index in [0.29, 0.717) is 16.9 Å². The van der Waals surface area contributed by atoms with Gasteiger partial charge in [0.05, 0.1) is 21.6 Å². The predicted octanol–water partition coefficient (Wildman–Crippen LogP) is 4.16. The molecule has 2 aromatic rings. The van der Waals surface area contributed by atoms with Gasteiger partial charge in [-0.3, -0.25) is 9.59 Å². The number of fused-ring (bicyclic) bond motifs is 1. The van der Waals surface area contributed by atoms with Gasteiger partial charge in [0.2, 0.25) is 5.91 Å². The summed E-state index contributed by atoms with van der Waals surface area (Å²) in [6, 6.07) is 8.81. The Labute approximate surface area is 141 Å². The van der Waals surface area contributed by atoms with Crippen molar-refractivity contribution >= 4 is 46.6 Å². The van der Waals surface area contributed by atoms with Crippen LogP contribution >= 0.6 is 23.4 Å². The standard InChI is InChI=1S/C16H12ClFN2O2S/c1-8-15(21)20-13-6-9(2-5-14(13)23-8)16(22)19-12-4-3-10(18)7-11(12)17/h2-8H,1H3,(H,19,22)(H,20,21). The number of carbonyl (C=O) groups excluding carboxylic acids is 2. The summed E-state index contributed by atoms with van der Waals surface area (Å²) < 4.78 is 13.0. The topological polar surface area (TPSA) is 58.2 Å². The predicted molar refractivity (Wildman–Crippen MR) is 89.8 cm³/mol. The van der Waals surface area contributed by atoms with Crippen molar-refractivity contribution < 1.29 is 14.0 Å². The molecule has 23 heavy (non-hydrogen) atoms. The first kappa shape index (κ1) is 15.8. The van der Waals surface area contributed by atoms with Crippen molar-refractivity contribution in [1.29, 1.82) is 0 Å². The number of hydrogen-bond acceptors (Lipinski definition) is 3. The van der Waals surface area contributed by atoms with Gasteiger partial charge in [-0.2, -0.15) is 0 Å². The maximum Gasteiger partial charge on any atom is 0.255 e. The van der Waals surface area contributed by atoms with Gasteiger partial charge in [0, 0.05) is 10.5 Å². The zero-order chi connectivity index (χ0) is 16.6. The molecule has 7 heteroatoms. The summed E-state index contributed by atoms with van der Waals surface area (Å²) in [6.45, 7) is 1.82. The molecule has 0 saturated heterocycles. The van der Waals surface area contributed by atoms with E-state index in [9.17, 15) is 14.0 Å². The fourth-order valence-electron chi connectivity index (χ4n) is 2.14. The minimum absolute atomic E-state index is 0.0957. The first-order valence-corrected chi connectivity index (χ1v) is 8.08. The number of halogens is 2. The minimum atomic E-state index is -0.476. The Morgan fingerprint density at radius 2 is 2.09 bits per heavy atom. The second-order valence-corrected chi connectivity index (χ2v) is 6.83. The quantitative estimate of drug-likeness (QED) is 0.854. The fourth-order valence-corrected chi connectivity index (χ4v) is 3.28. The SMILES string of the molecule is CC1Sc2ccc(C(=O)Nc3ccc(F)cc3Cl)cc2NC1=O. The average Bonchev–Trinajstić information content (AvgIpc) is 2.50. The Balaban J connectivity index is 1.83. The molecule has 2 amide bonds. The highest BCUT2D eigenvalue weighted by molar-refractivity contribution is 8.00. The van der Waals surface area contributed by atoms with Crippen molar-refractivity contribution in [3.05, 3.63) is 52.8 Å². The van der Waals surface area contributed by atoms with Crippen molar-refractivity contribution in [1.82, 2.24) is 0 Å². The Bertz CT molecular complexity index is 813. The maximum absolute atomic E-state index is 13.0. The minimum Gasteiger partial charge on any atom is -0.324 e. The van der Waals surface area contributed by atoms with Gasteiger partial charge >= 0.3 is 0 Å². The Morgan fingerprint density at radius 1 is 1.30 bits per heavy atom. The number of nitrogens with one attached hydrogen (secondary N) is 2. The summed E-state index contributed by atoms with van der Waals surface area (Å²) in [5.41, 5.74) is 1.30. The zero-order valence-electron chi connectivity index (χ0n) is 12.0. The highest BCUT2D eigenvalue weighted by Gasteiger charge is 2.23. The van der Waals surface area contributed by atoms with E-state index < -0.39 is 5.82 Å². The molecular formula is C16H12ClFN2O2S. The average molecular weight is 351 g/mol. The lowest BCUT2D eigenvalue weighted by Crippen LogP contribution is -2.26. The molecule has 3 rings (SSSR count). The van der Waals surface area contributed by atoms with Gasteiger partial charge in [-0.1, -0.05) is 11.6 Å². The monoisotopic (exact) mass is 350 g/mol. The summed E-state index contributed by atoms with van der Waals surface area (Å²) in [7, 11) is 0. The van der Waals surface area contributed by atoms with E-state index in [4.69, 9.17) is 11.6 Å². The molecule has 4 nitrogen and oxygen atoms in total. The van der Waals surface area contributed by atoms with Crippen molar-refractivity contribution in [2.24, 2.45) is 0 Å². The molecule has 1 atom stereocenters. The third kappa shape index (κ3) is 3.33. The molecule has 0 fully saturated rings. The van der Waals surface area contributed by atoms with Gasteiger partial charge in [0.15, 0.2) is 0 Å². The molecule has 2 aromatic carbocycles. The first-order valence-electron chi connectivity index (χ1n) is 6.82. The van der Waals surface area contributed by atoms with Crippen molar-refractivity contribution in [2.75, 3.05) is 10.6 Å². The molecule has 0 saturated carbocycles. The molecule has 1 aliphatic heterocycles. The van der Waals surface area contributed by atoms with E-state index in [1.807, 2.05) is 6.92 Å². The lowest BCUT2D eigenvalue weighted by atomic mass is 10.1. The van der Waals surface area contributed by atoms with Gasteiger partial charge < -0.3 is 10.6 Å². The Kier molecular flexibility index (Phi) is 4.28. The lowest BCUT2D eigenvalue weighted by Gasteiger charge is -2.21. The number of anilines is 2. The molecule has 1 heterocycles. The maximum atomic E-state index is 13.0. The van der Waals surface area contributed by atoms with Gasteiger partial charge in [0.25, 0.3) is 5.91 Å². The van der Waals surface area contributed by atoms with Crippen LogP contribution in [-0.4, -0.2) is 17.1 Å². The van der Waals surface area contributed by atoms with Crippen LogP contribution < -0.4 is 10.6 Å². The first-order chi connectivity index (χ1) is 10.9. The van der Waals surface area contributed by atoms with E-state index in [1.165, 1.54) is 23.9 Å². The normalized spacial score (nSPS) is 16.5. The number of thioether (sulfide) groups is 1. The molecular weight excluding hydrogens is 339 g/mol. The van der Waals surface area contributed by atoms with E-state index in [-0.39, 0.29) is 22.1 Å². The molecule has 0 aromatic heterocycles. The molecule has 1 aliphatic rings. The fraction of sp³-hybridized carbons (Fsp3) is 0.125. The largest absolute Gasteiger partial charge is 0.324 e. The summed E-state index contributed by atoms with van der Waals surface area (Å²) in [5.74, 6) is -0.962. The Hall–Kier alpha value is -2.05. The van der Waals surface area contributed by atoms with E-state index in [1.54, 1.807) is 18.2 Å². The number of benzene rings is 2. The van der Waals surface area contributed by atoms with Crippen LogP contribution in [0.15, 0.2) is 41.3 Å². The van der Waals surface area contributed by atoms with E-state index in [2.05, 4.69) is 10.6 Å². The van der Waals surface area contributed by atoms with Crippen molar-refractivity contribution in [3.8, 4) is 0 Å². The summed E-state index contributed by atoms with van der Waals surface area (Å²) in [4.78, 5) is 24.9. The molecule has 1 unspecified atom stereocenters. The van der Waals surface area contributed by atoms with Crippen LogP contribution in [-0.2, 0) is 4.79 Å². The molecule has 118 valence electrons. The van der Waals surface area contributed by atoms with Gasteiger partial charge in [-0.05, 0) is 43.3 Å². The molecule has 0 radical (unpaired) electrons. The van der Waals surface area contributed by atoms with Crippen molar-refractivity contribution in [2.45, 2.75) is 17.1 Å². The van der Waals surface area contributed by atoms with Crippen LogP contribution in [0.1, 0.15) is 17.3 Å². The van der Waals surface area contributed by atoms with Crippen LogP contribution in [0.5, 0.6) is 0 Å². The lowest BCUT2D eigenvalue weighted by molar-refractivity contribution is -0.115. The Morgan fingerprint density at radius 3 is 2.83 bits per heavy atom. The van der Waals surface area contributed by atoms with E-state index in [0.717, 1.165) is 11.0 Å². The van der Waals surface area contributed by atoms with Crippen LogP contribution in [0, 0.1) is 5.82 Å². The second-order valence-electron chi connectivity index (χ2n) is 5.04. The molecule has 0 spiro atoms. The number of carbonyl (C=O) groups is 2. The van der Waals surface area contributed by atoms with Crippen molar-refractivity contribution in [3.63, 3.8) is 0 Å². The van der Waals surface area contributed by atoms with Crippen LogP contribution in [0.25, 0.3) is 0 Å². The zero-order valence-corrected chi connectivity index (χ0v) is 13.6. The summed E-state index contributed by atoms with van der Waals surface area (Å²) in [6.07, 6.45) is 0. The molecule has 2 N–H and O–H groups in total. The number of rotatable bonds is 2. The van der Waals surface area contributed by atoms with Crippen LogP contribution in [0.2, 0.25) is 5.02 Å². The highest BCUT2D eigenvalue weighted by Crippen LogP contribution is 2.36. The second kappa shape index (κ2) is 6.22. The van der Waals surface area contributed by atoms with Crippen LogP contribution in [0.3, 0.4) is 0 Å². The smallest absolute Gasteiger partial charge is 0.255 e. The summed E-state index contributed by atoms with van der Waals surface area (Å²) in [5, 5.41) is 5.35. The third-order valence-corrected chi connectivity index (χ3v) is 4.84. The third-order valence-electron chi connectivity index (χ3n) is 3.35. The van der Waals surface area contributed by atoms with Gasteiger partial charge in [-0.25, -0.2) is 4.39 Å². The van der Waals surface area contributed by atoms with Gasteiger partial charge in [0.1, 0.15) is 5.82 Å². The van der Waals surface area contributed by atoms with Gasteiger partial charge in [-0.15, -0.1) is 11.8 Å². The highest BCUT2D eigenvalue weighted by atomic mass is 35.5. The van der Waals surface area contributed by atoms with E-state index >= 15 is 0 Å². The molecule has 0 aliphatic carbocycles. The van der Waals surface area contributed by atoms with Crippen LogP contribution in [0.4, 0.5) is 15.8 Å².